The molecule has 10 heteroatoms. The van der Waals surface area contributed by atoms with Crippen LogP contribution in [0.4, 0.5) is 18.3 Å². The van der Waals surface area contributed by atoms with Crippen molar-refractivity contribution >= 4 is 26.5 Å². The molecule has 0 N–H and O–H groups in total. The number of alkyl halides is 3. The Morgan fingerprint density at radius 3 is 2.32 bits per heavy atom. The second-order valence-electron chi connectivity index (χ2n) is 8.28. The summed E-state index contributed by atoms with van der Waals surface area (Å²) in [5.74, 6) is 0. The van der Waals surface area contributed by atoms with E-state index in [4.69, 9.17) is 4.98 Å². The van der Waals surface area contributed by atoms with E-state index in [0.717, 1.165) is 42.2 Å². The summed E-state index contributed by atoms with van der Waals surface area (Å²) >= 11 is 1.52. The number of benzene rings is 2. The third kappa shape index (κ3) is 5.61. The molecule has 2 heterocycles. The zero-order chi connectivity index (χ0) is 24.3. The van der Waals surface area contributed by atoms with Gasteiger partial charge in [-0.15, -0.1) is 11.3 Å². The SMILES string of the molecule is CCCc1ccc(Cc2csc(N3CCN(S(=O)(=O)c4cccc(C(F)(F)F)c4)CC3)n2)cc1. The molecular weight excluding hydrogens is 483 g/mol. The van der Waals surface area contributed by atoms with E-state index in [-0.39, 0.29) is 18.0 Å². The molecule has 2 aromatic carbocycles. The molecule has 34 heavy (non-hydrogen) atoms. The Balaban J connectivity index is 1.38. The van der Waals surface area contributed by atoms with Crippen LogP contribution in [0.15, 0.2) is 58.8 Å². The smallest absolute Gasteiger partial charge is 0.345 e. The minimum atomic E-state index is -4.59. The Morgan fingerprint density at radius 1 is 1.00 bits per heavy atom. The van der Waals surface area contributed by atoms with Crippen molar-refractivity contribution in [3.8, 4) is 0 Å². The number of thiazole rings is 1. The maximum absolute atomic E-state index is 13.0. The normalized spacial score (nSPS) is 15.6. The highest BCUT2D eigenvalue weighted by Gasteiger charge is 2.34. The number of nitrogens with zero attached hydrogens (tertiary/aromatic N) is 3. The largest absolute Gasteiger partial charge is 0.416 e. The van der Waals surface area contributed by atoms with E-state index in [1.807, 2.05) is 10.3 Å². The van der Waals surface area contributed by atoms with Gasteiger partial charge < -0.3 is 4.90 Å². The molecule has 0 spiro atoms. The van der Waals surface area contributed by atoms with Crippen molar-refractivity contribution in [1.82, 2.24) is 9.29 Å². The molecule has 0 saturated carbocycles. The first kappa shape index (κ1) is 24.7. The number of halogens is 3. The molecule has 0 aliphatic carbocycles. The van der Waals surface area contributed by atoms with Gasteiger partial charge in [0.05, 0.1) is 16.2 Å². The van der Waals surface area contributed by atoms with Crippen LogP contribution in [0.1, 0.15) is 35.7 Å². The van der Waals surface area contributed by atoms with Crippen LogP contribution in [-0.2, 0) is 29.0 Å². The van der Waals surface area contributed by atoms with Crippen LogP contribution >= 0.6 is 11.3 Å². The Labute approximate surface area is 201 Å². The molecule has 0 atom stereocenters. The third-order valence-corrected chi connectivity index (χ3v) is 8.64. The molecule has 1 saturated heterocycles. The number of rotatable bonds is 7. The molecule has 3 aromatic rings. The van der Waals surface area contributed by atoms with Crippen LogP contribution in [0.5, 0.6) is 0 Å². The molecule has 1 aliphatic rings. The summed E-state index contributed by atoms with van der Waals surface area (Å²) in [5, 5.41) is 2.84. The molecule has 5 nitrogen and oxygen atoms in total. The minimum absolute atomic E-state index is 0.187. The molecule has 182 valence electrons. The van der Waals surface area contributed by atoms with Gasteiger partial charge >= 0.3 is 6.18 Å². The summed E-state index contributed by atoms with van der Waals surface area (Å²) in [6.45, 7) is 3.39. The summed E-state index contributed by atoms with van der Waals surface area (Å²) < 4.78 is 66.1. The lowest BCUT2D eigenvalue weighted by molar-refractivity contribution is -0.137. The quantitative estimate of drug-likeness (QED) is 0.439. The van der Waals surface area contributed by atoms with Gasteiger partial charge in [0.25, 0.3) is 0 Å². The molecule has 4 rings (SSSR count). The van der Waals surface area contributed by atoms with E-state index in [1.54, 1.807) is 0 Å². The van der Waals surface area contributed by atoms with Gasteiger partial charge in [0.1, 0.15) is 0 Å². The van der Waals surface area contributed by atoms with Crippen molar-refractivity contribution in [3.05, 3.63) is 76.3 Å². The van der Waals surface area contributed by atoms with Crippen LogP contribution in [0.3, 0.4) is 0 Å². The number of hydrogen-bond acceptors (Lipinski definition) is 5. The fraction of sp³-hybridized carbons (Fsp3) is 0.375. The summed E-state index contributed by atoms with van der Waals surface area (Å²) in [6.07, 6.45) is -1.68. The van der Waals surface area contributed by atoms with E-state index < -0.39 is 21.8 Å². The monoisotopic (exact) mass is 509 g/mol. The van der Waals surface area contributed by atoms with Crippen molar-refractivity contribution in [1.29, 1.82) is 0 Å². The Morgan fingerprint density at radius 2 is 1.68 bits per heavy atom. The zero-order valence-corrected chi connectivity index (χ0v) is 20.4. The number of hydrogen-bond donors (Lipinski definition) is 0. The molecule has 0 bridgehead atoms. The number of aromatic nitrogens is 1. The first-order chi connectivity index (χ1) is 16.2. The van der Waals surface area contributed by atoms with Crippen molar-refractivity contribution in [2.75, 3.05) is 31.1 Å². The highest BCUT2D eigenvalue weighted by Crippen LogP contribution is 2.31. The maximum atomic E-state index is 13.0. The molecular formula is C24H26F3N3O2S2. The van der Waals surface area contributed by atoms with Crippen molar-refractivity contribution in [2.24, 2.45) is 0 Å². The van der Waals surface area contributed by atoms with Crippen molar-refractivity contribution < 1.29 is 21.6 Å². The van der Waals surface area contributed by atoms with E-state index in [1.165, 1.54) is 32.8 Å². The van der Waals surface area contributed by atoms with Crippen LogP contribution in [0, 0.1) is 0 Å². The lowest BCUT2D eigenvalue weighted by atomic mass is 10.1. The van der Waals surface area contributed by atoms with E-state index in [2.05, 4.69) is 31.2 Å². The predicted molar refractivity (Wildman–Crippen MR) is 128 cm³/mol. The van der Waals surface area contributed by atoms with E-state index in [9.17, 15) is 21.6 Å². The van der Waals surface area contributed by atoms with Crippen LogP contribution in [0.25, 0.3) is 0 Å². The summed E-state index contributed by atoms with van der Waals surface area (Å²) in [4.78, 5) is 6.41. The van der Waals surface area contributed by atoms with Gasteiger partial charge in [0.15, 0.2) is 5.13 Å². The fourth-order valence-electron chi connectivity index (χ4n) is 3.95. The number of aryl methyl sites for hydroxylation is 1. The summed E-state index contributed by atoms with van der Waals surface area (Å²) in [7, 11) is -4.00. The molecule has 0 amide bonds. The Bertz CT molecular complexity index is 1220. The van der Waals surface area contributed by atoms with Gasteiger partial charge in [-0.3, -0.25) is 0 Å². The van der Waals surface area contributed by atoms with Gasteiger partial charge in [0.2, 0.25) is 10.0 Å². The van der Waals surface area contributed by atoms with E-state index in [0.29, 0.717) is 19.2 Å². The minimum Gasteiger partial charge on any atom is -0.345 e. The Hall–Kier alpha value is -2.43. The number of piperazine rings is 1. The van der Waals surface area contributed by atoms with Crippen molar-refractivity contribution in [2.45, 2.75) is 37.3 Å². The number of anilines is 1. The second-order valence-corrected chi connectivity index (χ2v) is 11.1. The van der Waals surface area contributed by atoms with Crippen LogP contribution < -0.4 is 4.90 Å². The van der Waals surface area contributed by atoms with Gasteiger partial charge in [-0.2, -0.15) is 17.5 Å². The Kier molecular flexibility index (Phi) is 7.30. The molecule has 1 aromatic heterocycles. The first-order valence-corrected chi connectivity index (χ1v) is 13.4. The van der Waals surface area contributed by atoms with Gasteiger partial charge in [-0.25, -0.2) is 13.4 Å². The summed E-state index contributed by atoms with van der Waals surface area (Å²) in [5.41, 5.74) is 2.50. The zero-order valence-electron chi connectivity index (χ0n) is 18.8. The fourth-order valence-corrected chi connectivity index (χ4v) is 6.29. The molecule has 1 aliphatic heterocycles. The second kappa shape index (κ2) is 10.1. The maximum Gasteiger partial charge on any atom is 0.416 e. The van der Waals surface area contributed by atoms with Crippen LogP contribution in [-0.4, -0.2) is 43.9 Å². The predicted octanol–water partition coefficient (Wildman–Crippen LogP) is 5.22. The molecule has 1 fully saturated rings. The topological polar surface area (TPSA) is 53.5 Å². The lowest BCUT2D eigenvalue weighted by Crippen LogP contribution is -2.48. The van der Waals surface area contributed by atoms with Crippen molar-refractivity contribution in [3.63, 3.8) is 0 Å². The highest BCUT2D eigenvalue weighted by atomic mass is 32.2. The first-order valence-electron chi connectivity index (χ1n) is 11.1. The third-order valence-electron chi connectivity index (χ3n) is 5.79. The van der Waals surface area contributed by atoms with Gasteiger partial charge in [-0.05, 0) is 35.7 Å². The molecule has 0 unspecified atom stereocenters. The summed E-state index contributed by atoms with van der Waals surface area (Å²) in [6, 6.07) is 12.5. The van der Waals surface area contributed by atoms with Gasteiger partial charge in [0, 0.05) is 38.0 Å². The highest BCUT2D eigenvalue weighted by molar-refractivity contribution is 7.89. The number of sulfonamides is 1. The molecule has 0 radical (unpaired) electrons. The average Bonchev–Trinajstić information content (AvgIpc) is 3.29. The average molecular weight is 510 g/mol. The van der Waals surface area contributed by atoms with Crippen LogP contribution in [0.2, 0.25) is 0 Å². The van der Waals surface area contributed by atoms with Gasteiger partial charge in [-0.1, -0.05) is 43.7 Å². The lowest BCUT2D eigenvalue weighted by Gasteiger charge is -2.33. The standard InChI is InChI=1S/C24H26F3N3O2S2/c1-2-4-18-7-9-19(10-8-18)15-21-17-33-23(28-21)29-11-13-30(14-12-29)34(31,32)22-6-3-5-20(16-22)24(25,26)27/h3,5-10,16-17H,2,4,11-15H2,1H3. The van der Waals surface area contributed by atoms with E-state index >= 15 is 0 Å².